The minimum Gasteiger partial charge on any atom is -0.380 e. The fourth-order valence-electron chi connectivity index (χ4n) is 1.39. The van der Waals surface area contributed by atoms with E-state index >= 15 is 0 Å². The predicted octanol–water partition coefficient (Wildman–Crippen LogP) is 1.50. The first-order valence-electron chi connectivity index (χ1n) is 4.99. The minimum absolute atomic E-state index is 0.113. The molecule has 0 saturated carbocycles. The van der Waals surface area contributed by atoms with E-state index in [4.69, 9.17) is 10.5 Å². The lowest BCUT2D eigenvalue weighted by atomic mass is 10.00. The maximum Gasteiger partial charge on any atom is 0.220 e. The number of carbonyl (C=O) groups excluding carboxylic acids is 1. The van der Waals surface area contributed by atoms with Gasteiger partial charge in [0.1, 0.15) is 0 Å². The summed E-state index contributed by atoms with van der Waals surface area (Å²) in [6.45, 7) is 2.46. The number of benzene rings is 1. The van der Waals surface area contributed by atoms with Gasteiger partial charge in [0.25, 0.3) is 0 Å². The molecular formula is C12H17NO2. The van der Waals surface area contributed by atoms with Crippen LogP contribution in [0.2, 0.25) is 0 Å². The molecule has 1 aromatic carbocycles. The Morgan fingerprint density at radius 2 is 1.87 bits per heavy atom. The molecule has 15 heavy (non-hydrogen) atoms. The van der Waals surface area contributed by atoms with Crippen LogP contribution in [0.3, 0.4) is 0 Å². The van der Waals surface area contributed by atoms with Crippen molar-refractivity contribution in [2.24, 2.45) is 11.7 Å². The van der Waals surface area contributed by atoms with Crippen LogP contribution in [0.15, 0.2) is 24.3 Å². The van der Waals surface area contributed by atoms with Crippen molar-refractivity contribution in [3.8, 4) is 0 Å². The van der Waals surface area contributed by atoms with Crippen molar-refractivity contribution in [2.75, 3.05) is 7.11 Å². The van der Waals surface area contributed by atoms with Crippen LogP contribution >= 0.6 is 0 Å². The Bertz CT molecular complexity index is 319. The van der Waals surface area contributed by atoms with Crippen LogP contribution in [-0.2, 0) is 22.6 Å². The lowest BCUT2D eigenvalue weighted by molar-refractivity contribution is -0.121. The summed E-state index contributed by atoms with van der Waals surface area (Å²) in [5, 5.41) is 0. The van der Waals surface area contributed by atoms with Crippen LogP contribution in [0.4, 0.5) is 0 Å². The van der Waals surface area contributed by atoms with Gasteiger partial charge in [0.2, 0.25) is 5.91 Å². The molecule has 3 nitrogen and oxygen atoms in total. The van der Waals surface area contributed by atoms with Crippen LogP contribution in [0.25, 0.3) is 0 Å². The van der Waals surface area contributed by atoms with Gasteiger partial charge in [0.15, 0.2) is 0 Å². The Balaban J connectivity index is 2.60. The number of amides is 1. The Morgan fingerprint density at radius 1 is 1.33 bits per heavy atom. The van der Waals surface area contributed by atoms with Crippen LogP contribution in [0.1, 0.15) is 18.1 Å². The van der Waals surface area contributed by atoms with E-state index in [1.54, 1.807) is 7.11 Å². The first-order valence-corrected chi connectivity index (χ1v) is 4.99. The lowest BCUT2D eigenvalue weighted by Gasteiger charge is -2.07. The van der Waals surface area contributed by atoms with Crippen molar-refractivity contribution < 1.29 is 9.53 Å². The van der Waals surface area contributed by atoms with Crippen LogP contribution in [0.5, 0.6) is 0 Å². The van der Waals surface area contributed by atoms with Gasteiger partial charge in [-0.3, -0.25) is 4.79 Å². The number of hydrogen-bond donors (Lipinski definition) is 1. The number of hydrogen-bond acceptors (Lipinski definition) is 2. The molecule has 0 bridgehead atoms. The van der Waals surface area contributed by atoms with Gasteiger partial charge in [-0.05, 0) is 17.5 Å². The summed E-state index contributed by atoms with van der Waals surface area (Å²) in [5.41, 5.74) is 7.46. The van der Waals surface area contributed by atoms with Gasteiger partial charge >= 0.3 is 0 Å². The monoisotopic (exact) mass is 207 g/mol. The highest BCUT2D eigenvalue weighted by Gasteiger charge is 2.08. The third-order valence-electron chi connectivity index (χ3n) is 2.36. The van der Waals surface area contributed by atoms with Gasteiger partial charge < -0.3 is 10.5 Å². The number of nitrogens with two attached hydrogens (primary N) is 1. The van der Waals surface area contributed by atoms with E-state index in [1.165, 1.54) is 0 Å². The molecule has 1 amide bonds. The Hall–Kier alpha value is -1.35. The normalized spacial score (nSPS) is 12.4. The van der Waals surface area contributed by atoms with E-state index in [-0.39, 0.29) is 11.8 Å². The van der Waals surface area contributed by atoms with Gasteiger partial charge in [-0.2, -0.15) is 0 Å². The average molecular weight is 207 g/mol. The van der Waals surface area contributed by atoms with Crippen LogP contribution in [0, 0.1) is 5.92 Å². The summed E-state index contributed by atoms with van der Waals surface area (Å²) >= 11 is 0. The summed E-state index contributed by atoms with van der Waals surface area (Å²) in [5.74, 6) is -0.366. The molecule has 0 heterocycles. The van der Waals surface area contributed by atoms with Crippen molar-refractivity contribution >= 4 is 5.91 Å². The summed E-state index contributed by atoms with van der Waals surface area (Å²) in [6.07, 6.45) is 0.697. The smallest absolute Gasteiger partial charge is 0.220 e. The van der Waals surface area contributed by atoms with E-state index in [0.29, 0.717) is 13.0 Å². The van der Waals surface area contributed by atoms with Crippen molar-refractivity contribution in [2.45, 2.75) is 20.0 Å². The zero-order chi connectivity index (χ0) is 11.3. The van der Waals surface area contributed by atoms with Crippen molar-refractivity contribution in [1.82, 2.24) is 0 Å². The number of primary amides is 1. The van der Waals surface area contributed by atoms with Crippen LogP contribution < -0.4 is 5.73 Å². The molecule has 0 saturated heterocycles. The first kappa shape index (κ1) is 11.7. The quantitative estimate of drug-likeness (QED) is 0.795. The van der Waals surface area contributed by atoms with E-state index in [2.05, 4.69) is 0 Å². The number of rotatable bonds is 5. The highest BCUT2D eigenvalue weighted by molar-refractivity contribution is 5.76. The van der Waals surface area contributed by atoms with Gasteiger partial charge in [0.05, 0.1) is 6.61 Å². The predicted molar refractivity (Wildman–Crippen MR) is 59.2 cm³/mol. The fraction of sp³-hybridized carbons (Fsp3) is 0.417. The van der Waals surface area contributed by atoms with Crippen molar-refractivity contribution in [3.63, 3.8) is 0 Å². The maximum absolute atomic E-state index is 10.9. The highest BCUT2D eigenvalue weighted by Crippen LogP contribution is 2.10. The zero-order valence-corrected chi connectivity index (χ0v) is 9.19. The van der Waals surface area contributed by atoms with E-state index in [9.17, 15) is 4.79 Å². The van der Waals surface area contributed by atoms with Gasteiger partial charge in [0, 0.05) is 13.0 Å². The second-order valence-corrected chi connectivity index (χ2v) is 3.76. The van der Waals surface area contributed by atoms with Gasteiger partial charge in [-0.1, -0.05) is 31.2 Å². The molecule has 1 rings (SSSR count). The summed E-state index contributed by atoms with van der Waals surface area (Å²) < 4.78 is 5.01. The average Bonchev–Trinajstić information content (AvgIpc) is 2.21. The molecule has 1 atom stereocenters. The third-order valence-corrected chi connectivity index (χ3v) is 2.36. The molecule has 82 valence electrons. The molecule has 2 N–H and O–H groups in total. The standard InChI is InChI=1S/C12H17NO2/c1-9(12(13)14)7-10-3-5-11(6-4-10)8-15-2/h3-6,9H,7-8H2,1-2H3,(H2,13,14). The molecule has 0 aliphatic carbocycles. The van der Waals surface area contributed by atoms with Gasteiger partial charge in [-0.15, -0.1) is 0 Å². The van der Waals surface area contributed by atoms with Gasteiger partial charge in [-0.25, -0.2) is 0 Å². The zero-order valence-electron chi connectivity index (χ0n) is 9.19. The van der Waals surface area contributed by atoms with Crippen molar-refractivity contribution in [3.05, 3.63) is 35.4 Å². The molecule has 1 aromatic rings. The summed E-state index contributed by atoms with van der Waals surface area (Å²) in [6, 6.07) is 8.03. The molecule has 0 aromatic heterocycles. The molecule has 0 aliphatic heterocycles. The number of carbonyl (C=O) groups is 1. The Morgan fingerprint density at radius 3 is 2.33 bits per heavy atom. The second kappa shape index (κ2) is 5.51. The molecular weight excluding hydrogens is 190 g/mol. The molecule has 0 aliphatic rings. The highest BCUT2D eigenvalue weighted by atomic mass is 16.5. The van der Waals surface area contributed by atoms with E-state index in [1.807, 2.05) is 31.2 Å². The SMILES string of the molecule is COCc1ccc(CC(C)C(N)=O)cc1. The summed E-state index contributed by atoms with van der Waals surface area (Å²) in [4.78, 5) is 10.9. The fourth-order valence-corrected chi connectivity index (χ4v) is 1.39. The first-order chi connectivity index (χ1) is 7.13. The van der Waals surface area contributed by atoms with E-state index in [0.717, 1.165) is 11.1 Å². The topological polar surface area (TPSA) is 52.3 Å². The Labute approximate surface area is 90.2 Å². The Kier molecular flexibility index (Phi) is 4.31. The molecule has 0 fully saturated rings. The second-order valence-electron chi connectivity index (χ2n) is 3.76. The third kappa shape index (κ3) is 3.72. The molecule has 3 heteroatoms. The largest absolute Gasteiger partial charge is 0.380 e. The number of ether oxygens (including phenoxy) is 1. The lowest BCUT2D eigenvalue weighted by Crippen LogP contribution is -2.22. The van der Waals surface area contributed by atoms with Crippen molar-refractivity contribution in [1.29, 1.82) is 0 Å². The maximum atomic E-state index is 10.9. The molecule has 0 spiro atoms. The van der Waals surface area contributed by atoms with Crippen LogP contribution in [-0.4, -0.2) is 13.0 Å². The number of methoxy groups -OCH3 is 1. The molecule has 1 unspecified atom stereocenters. The summed E-state index contributed by atoms with van der Waals surface area (Å²) in [7, 11) is 1.67. The van der Waals surface area contributed by atoms with E-state index < -0.39 is 0 Å². The minimum atomic E-state index is -0.254. The molecule has 0 radical (unpaired) electrons.